The minimum Gasteiger partial charge on any atom is -0.256 e. The molecule has 0 unspecified atom stereocenters. The molecule has 0 saturated carbocycles. The predicted molar refractivity (Wildman–Crippen MR) is 84.8 cm³/mol. The van der Waals surface area contributed by atoms with E-state index in [4.69, 9.17) is 0 Å². The van der Waals surface area contributed by atoms with Gasteiger partial charge >= 0.3 is 0 Å². The van der Waals surface area contributed by atoms with Crippen molar-refractivity contribution in [3.05, 3.63) is 78.0 Å². The van der Waals surface area contributed by atoms with Crippen LogP contribution < -0.4 is 0 Å². The van der Waals surface area contributed by atoms with E-state index in [1.165, 1.54) is 31.1 Å². The molecule has 0 atom stereocenters. The summed E-state index contributed by atoms with van der Waals surface area (Å²) in [4.78, 5) is 4.18. The lowest BCUT2D eigenvalue weighted by Crippen LogP contribution is -2.00. The standard InChI is InChI=1S/C10H12.C9H7N/c1-2-6-10-8-4-3-7-9(10)5-1;1-2-6-9-8(4-1)5-3-7-10-9/h1-2,5-6H,3-4,7-8H2;1-7H. The van der Waals surface area contributed by atoms with Gasteiger partial charge in [-0.2, -0.15) is 0 Å². The largest absolute Gasteiger partial charge is 0.256 e. The Labute approximate surface area is 120 Å². The van der Waals surface area contributed by atoms with Crippen LogP contribution in [0.15, 0.2) is 66.9 Å². The molecule has 0 amide bonds. The highest BCUT2D eigenvalue weighted by Gasteiger charge is 2.05. The van der Waals surface area contributed by atoms with E-state index in [1.54, 1.807) is 11.1 Å². The van der Waals surface area contributed by atoms with Gasteiger partial charge in [0.25, 0.3) is 0 Å². The molecule has 1 aliphatic rings. The number of aryl methyl sites for hydroxylation is 2. The van der Waals surface area contributed by atoms with Crippen LogP contribution in [-0.4, -0.2) is 4.98 Å². The van der Waals surface area contributed by atoms with Gasteiger partial charge in [-0.3, -0.25) is 4.98 Å². The Kier molecular flexibility index (Phi) is 4.07. The average Bonchev–Trinajstić information content (AvgIpc) is 2.56. The van der Waals surface area contributed by atoms with Crippen LogP contribution in [0.5, 0.6) is 0 Å². The molecule has 0 saturated heterocycles. The van der Waals surface area contributed by atoms with Crippen molar-refractivity contribution in [2.24, 2.45) is 0 Å². The average molecular weight is 261 g/mol. The summed E-state index contributed by atoms with van der Waals surface area (Å²) in [5, 5.41) is 1.20. The van der Waals surface area contributed by atoms with Gasteiger partial charge in [-0.15, -0.1) is 0 Å². The number of nitrogens with zero attached hydrogens (tertiary/aromatic N) is 1. The van der Waals surface area contributed by atoms with E-state index in [9.17, 15) is 0 Å². The van der Waals surface area contributed by atoms with Crippen molar-refractivity contribution in [3.8, 4) is 0 Å². The summed E-state index contributed by atoms with van der Waals surface area (Å²) in [5.74, 6) is 0. The minimum atomic E-state index is 1.06. The third kappa shape index (κ3) is 3.05. The van der Waals surface area contributed by atoms with E-state index in [0.717, 1.165) is 5.52 Å². The summed E-state index contributed by atoms with van der Waals surface area (Å²) < 4.78 is 0. The lowest BCUT2D eigenvalue weighted by atomic mass is 9.92. The minimum absolute atomic E-state index is 1.06. The maximum atomic E-state index is 4.18. The van der Waals surface area contributed by atoms with Crippen molar-refractivity contribution in [2.45, 2.75) is 25.7 Å². The maximum absolute atomic E-state index is 4.18. The number of fused-ring (bicyclic) bond motifs is 2. The number of pyridine rings is 1. The van der Waals surface area contributed by atoms with E-state index >= 15 is 0 Å². The summed E-state index contributed by atoms with van der Waals surface area (Å²) in [5.41, 5.74) is 4.22. The first-order chi connectivity index (χ1) is 9.93. The van der Waals surface area contributed by atoms with Gasteiger partial charge in [0.05, 0.1) is 5.52 Å². The number of para-hydroxylation sites is 1. The second-order valence-electron chi connectivity index (χ2n) is 5.17. The summed E-state index contributed by atoms with van der Waals surface area (Å²) in [7, 11) is 0. The van der Waals surface area contributed by atoms with Gasteiger partial charge in [0.1, 0.15) is 0 Å². The van der Waals surface area contributed by atoms with Crippen molar-refractivity contribution in [2.75, 3.05) is 0 Å². The first-order valence-corrected chi connectivity index (χ1v) is 7.30. The van der Waals surface area contributed by atoms with Crippen molar-refractivity contribution in [1.82, 2.24) is 4.98 Å². The van der Waals surface area contributed by atoms with E-state index in [0.29, 0.717) is 0 Å². The summed E-state index contributed by atoms with van der Waals surface area (Å²) >= 11 is 0. The zero-order valence-electron chi connectivity index (χ0n) is 11.6. The SMILES string of the molecule is c1ccc2c(c1)CCCC2.c1ccc2ncccc2c1. The molecular formula is C19H19N. The summed E-state index contributed by atoms with van der Waals surface area (Å²) in [6.07, 6.45) is 7.18. The van der Waals surface area contributed by atoms with Crippen molar-refractivity contribution < 1.29 is 0 Å². The van der Waals surface area contributed by atoms with Crippen LogP contribution in [0.4, 0.5) is 0 Å². The summed E-state index contributed by atoms with van der Waals surface area (Å²) in [6.45, 7) is 0. The molecule has 1 nitrogen and oxygen atoms in total. The number of hydrogen-bond acceptors (Lipinski definition) is 1. The topological polar surface area (TPSA) is 12.9 Å². The maximum Gasteiger partial charge on any atom is 0.0701 e. The highest BCUT2D eigenvalue weighted by atomic mass is 14.6. The monoisotopic (exact) mass is 261 g/mol. The Bertz CT molecular complexity index is 597. The number of rotatable bonds is 0. The van der Waals surface area contributed by atoms with E-state index in [-0.39, 0.29) is 0 Å². The van der Waals surface area contributed by atoms with Crippen molar-refractivity contribution >= 4 is 10.9 Å². The second kappa shape index (κ2) is 6.33. The first-order valence-electron chi connectivity index (χ1n) is 7.30. The van der Waals surface area contributed by atoms with Crippen LogP contribution in [0.3, 0.4) is 0 Å². The van der Waals surface area contributed by atoms with Gasteiger partial charge < -0.3 is 0 Å². The van der Waals surface area contributed by atoms with Crippen LogP contribution >= 0.6 is 0 Å². The van der Waals surface area contributed by atoms with E-state index in [1.807, 2.05) is 30.5 Å². The number of hydrogen-bond donors (Lipinski definition) is 0. The van der Waals surface area contributed by atoms with Gasteiger partial charge in [-0.1, -0.05) is 48.5 Å². The molecule has 20 heavy (non-hydrogen) atoms. The van der Waals surface area contributed by atoms with Crippen molar-refractivity contribution in [1.29, 1.82) is 0 Å². The number of benzene rings is 2. The third-order valence-corrected chi connectivity index (χ3v) is 3.77. The lowest BCUT2D eigenvalue weighted by Gasteiger charge is -2.13. The zero-order chi connectivity index (χ0) is 13.6. The Balaban J connectivity index is 0.000000121. The Morgan fingerprint density at radius 2 is 1.25 bits per heavy atom. The Morgan fingerprint density at radius 1 is 0.650 bits per heavy atom. The lowest BCUT2D eigenvalue weighted by molar-refractivity contribution is 0.685. The molecule has 1 aliphatic carbocycles. The highest BCUT2D eigenvalue weighted by Crippen LogP contribution is 2.19. The Hall–Kier alpha value is -2.15. The normalized spacial score (nSPS) is 13.2. The molecule has 0 spiro atoms. The molecule has 0 radical (unpaired) electrons. The molecule has 1 aromatic heterocycles. The molecule has 4 rings (SSSR count). The van der Waals surface area contributed by atoms with Crippen LogP contribution in [-0.2, 0) is 12.8 Å². The second-order valence-corrected chi connectivity index (χ2v) is 5.17. The molecule has 1 heterocycles. The summed E-state index contributed by atoms with van der Waals surface area (Å²) in [6, 6.07) is 20.9. The van der Waals surface area contributed by atoms with E-state index < -0.39 is 0 Å². The zero-order valence-corrected chi connectivity index (χ0v) is 11.6. The molecule has 3 aromatic rings. The van der Waals surface area contributed by atoms with Crippen LogP contribution in [0, 0.1) is 0 Å². The Morgan fingerprint density at radius 3 is 1.95 bits per heavy atom. The van der Waals surface area contributed by atoms with Crippen LogP contribution in [0.2, 0.25) is 0 Å². The first kappa shape index (κ1) is 12.9. The fourth-order valence-corrected chi connectivity index (χ4v) is 2.69. The van der Waals surface area contributed by atoms with Gasteiger partial charge in [0, 0.05) is 11.6 Å². The molecule has 0 N–H and O–H groups in total. The highest BCUT2D eigenvalue weighted by molar-refractivity contribution is 5.77. The molecule has 0 aliphatic heterocycles. The molecule has 2 aromatic carbocycles. The predicted octanol–water partition coefficient (Wildman–Crippen LogP) is 4.80. The molecule has 0 fully saturated rings. The van der Waals surface area contributed by atoms with E-state index in [2.05, 4.69) is 41.4 Å². The third-order valence-electron chi connectivity index (χ3n) is 3.77. The van der Waals surface area contributed by atoms with Gasteiger partial charge in [-0.25, -0.2) is 0 Å². The molecule has 0 bridgehead atoms. The van der Waals surface area contributed by atoms with Gasteiger partial charge in [0.2, 0.25) is 0 Å². The van der Waals surface area contributed by atoms with Crippen LogP contribution in [0.25, 0.3) is 10.9 Å². The van der Waals surface area contributed by atoms with Crippen molar-refractivity contribution in [3.63, 3.8) is 0 Å². The molecule has 100 valence electrons. The fourth-order valence-electron chi connectivity index (χ4n) is 2.69. The smallest absolute Gasteiger partial charge is 0.0701 e. The van der Waals surface area contributed by atoms with Gasteiger partial charge in [-0.05, 0) is 48.9 Å². The van der Waals surface area contributed by atoms with Crippen LogP contribution in [0.1, 0.15) is 24.0 Å². The van der Waals surface area contributed by atoms with Gasteiger partial charge in [0.15, 0.2) is 0 Å². The fraction of sp³-hybridized carbons (Fsp3) is 0.211. The molecule has 1 heteroatoms. The molecular weight excluding hydrogens is 242 g/mol. The quantitative estimate of drug-likeness (QED) is 0.566. The number of aromatic nitrogens is 1.